The van der Waals surface area contributed by atoms with Crippen molar-refractivity contribution in [2.24, 2.45) is 0 Å². The van der Waals surface area contributed by atoms with Gasteiger partial charge in [-0.25, -0.2) is 4.98 Å². The number of anilines is 1. The minimum atomic E-state index is -0.201. The van der Waals surface area contributed by atoms with E-state index in [1.54, 1.807) is 6.20 Å². The van der Waals surface area contributed by atoms with Gasteiger partial charge in [-0.05, 0) is 42.3 Å². The van der Waals surface area contributed by atoms with Crippen LogP contribution < -0.4 is 10.1 Å². The second kappa shape index (κ2) is 7.46. The Morgan fingerprint density at radius 3 is 2.67 bits per heavy atom. The summed E-state index contributed by atoms with van der Waals surface area (Å²) in [5.74, 6) is 1.23. The molecule has 0 spiro atoms. The van der Waals surface area contributed by atoms with Gasteiger partial charge in [0.1, 0.15) is 5.75 Å². The molecule has 3 aromatic rings. The highest BCUT2D eigenvalue weighted by molar-refractivity contribution is 5.92. The van der Waals surface area contributed by atoms with Gasteiger partial charge in [-0.2, -0.15) is 0 Å². The highest BCUT2D eigenvalue weighted by atomic mass is 16.5. The molecule has 0 aliphatic rings. The molecule has 1 amide bonds. The fourth-order valence-electron chi connectivity index (χ4n) is 2.35. The number of para-hydroxylation sites is 1. The molecule has 5 heteroatoms. The molecule has 5 nitrogen and oxygen atoms in total. The van der Waals surface area contributed by atoms with Crippen LogP contribution in [0.25, 0.3) is 11.3 Å². The lowest BCUT2D eigenvalue weighted by molar-refractivity contribution is -0.118. The zero-order valence-electron chi connectivity index (χ0n) is 13.4. The highest BCUT2D eigenvalue weighted by Crippen LogP contribution is 2.21. The first-order valence-electron chi connectivity index (χ1n) is 7.75. The Hall–Kier alpha value is -3.08. The summed E-state index contributed by atoms with van der Waals surface area (Å²) in [7, 11) is 0. The lowest BCUT2D eigenvalue weighted by Gasteiger charge is -2.10. The number of aryl methyl sites for hydroxylation is 1. The summed E-state index contributed by atoms with van der Waals surface area (Å²) in [5, 5.41) is 2.81. The van der Waals surface area contributed by atoms with E-state index >= 15 is 0 Å². The van der Waals surface area contributed by atoms with Crippen molar-refractivity contribution >= 4 is 11.6 Å². The van der Waals surface area contributed by atoms with Crippen molar-refractivity contribution in [2.45, 2.75) is 13.3 Å². The summed E-state index contributed by atoms with van der Waals surface area (Å²) >= 11 is 0. The van der Waals surface area contributed by atoms with Crippen LogP contribution in [0.15, 0.2) is 65.5 Å². The molecule has 0 saturated carbocycles. The Morgan fingerprint density at radius 2 is 1.96 bits per heavy atom. The zero-order valence-corrected chi connectivity index (χ0v) is 13.4. The van der Waals surface area contributed by atoms with Gasteiger partial charge in [0, 0.05) is 11.3 Å². The van der Waals surface area contributed by atoms with Crippen molar-refractivity contribution in [3.8, 4) is 17.1 Å². The lowest BCUT2D eigenvalue weighted by atomic mass is 10.1. The standard InChI is InChI=1S/C19H18N2O3/c1-2-14-5-3-4-6-17(14)23-12-19(22)21-16-9-7-15(8-10-16)18-11-20-13-24-18/h3-11,13H,2,12H2,1H3,(H,21,22). The SMILES string of the molecule is CCc1ccccc1OCC(=O)Nc1ccc(-c2cnco2)cc1. The van der Waals surface area contributed by atoms with E-state index in [4.69, 9.17) is 9.15 Å². The van der Waals surface area contributed by atoms with Crippen LogP contribution >= 0.6 is 0 Å². The minimum absolute atomic E-state index is 0.0269. The fraction of sp³-hybridized carbons (Fsp3) is 0.158. The van der Waals surface area contributed by atoms with E-state index in [2.05, 4.69) is 17.2 Å². The van der Waals surface area contributed by atoms with Gasteiger partial charge in [-0.3, -0.25) is 4.79 Å². The first-order chi connectivity index (χ1) is 11.8. The number of hydrogen-bond acceptors (Lipinski definition) is 4. The molecule has 1 aromatic heterocycles. The van der Waals surface area contributed by atoms with Crippen LogP contribution in [0.4, 0.5) is 5.69 Å². The van der Waals surface area contributed by atoms with E-state index in [0.717, 1.165) is 23.3 Å². The molecular formula is C19H18N2O3. The third-order valence-electron chi connectivity index (χ3n) is 3.60. The molecule has 0 bridgehead atoms. The number of aromatic nitrogens is 1. The molecule has 24 heavy (non-hydrogen) atoms. The van der Waals surface area contributed by atoms with Gasteiger partial charge in [0.2, 0.25) is 0 Å². The number of hydrogen-bond donors (Lipinski definition) is 1. The highest BCUT2D eigenvalue weighted by Gasteiger charge is 2.07. The van der Waals surface area contributed by atoms with Crippen LogP contribution in [0, 0.1) is 0 Å². The molecule has 0 saturated heterocycles. The molecule has 0 aliphatic heterocycles. The van der Waals surface area contributed by atoms with Gasteiger partial charge >= 0.3 is 0 Å². The smallest absolute Gasteiger partial charge is 0.262 e. The van der Waals surface area contributed by atoms with E-state index < -0.39 is 0 Å². The number of ether oxygens (including phenoxy) is 1. The molecule has 0 radical (unpaired) electrons. The zero-order chi connectivity index (χ0) is 16.8. The Balaban J connectivity index is 1.57. The number of carbonyl (C=O) groups excluding carboxylic acids is 1. The summed E-state index contributed by atoms with van der Waals surface area (Å²) in [6.45, 7) is 2.03. The molecule has 0 unspecified atom stereocenters. The Kier molecular flexibility index (Phi) is 4.91. The first-order valence-corrected chi connectivity index (χ1v) is 7.75. The van der Waals surface area contributed by atoms with Crippen molar-refractivity contribution in [1.29, 1.82) is 0 Å². The third-order valence-corrected chi connectivity index (χ3v) is 3.60. The number of carbonyl (C=O) groups is 1. The summed E-state index contributed by atoms with van der Waals surface area (Å²) in [5.41, 5.74) is 2.69. The van der Waals surface area contributed by atoms with Gasteiger partial charge in [-0.15, -0.1) is 0 Å². The molecule has 2 aromatic carbocycles. The van der Waals surface area contributed by atoms with Gasteiger partial charge in [0.05, 0.1) is 6.20 Å². The molecule has 0 aliphatic carbocycles. The normalized spacial score (nSPS) is 10.4. The molecule has 0 atom stereocenters. The maximum absolute atomic E-state index is 12.0. The van der Waals surface area contributed by atoms with Gasteiger partial charge in [0.15, 0.2) is 18.8 Å². The Bertz CT molecular complexity index is 796. The van der Waals surface area contributed by atoms with Crippen LogP contribution in [0.5, 0.6) is 5.75 Å². The predicted octanol–water partition coefficient (Wildman–Crippen LogP) is 3.92. The summed E-state index contributed by atoms with van der Waals surface area (Å²) in [4.78, 5) is 15.9. The van der Waals surface area contributed by atoms with E-state index in [1.165, 1.54) is 6.39 Å². The summed E-state index contributed by atoms with van der Waals surface area (Å²) in [6, 6.07) is 15.1. The molecule has 1 heterocycles. The number of oxazole rings is 1. The average Bonchev–Trinajstić information content (AvgIpc) is 3.15. The quantitative estimate of drug-likeness (QED) is 0.747. The maximum atomic E-state index is 12.0. The molecule has 1 N–H and O–H groups in total. The monoisotopic (exact) mass is 322 g/mol. The average molecular weight is 322 g/mol. The van der Waals surface area contributed by atoms with Gasteiger partial charge < -0.3 is 14.5 Å². The van der Waals surface area contributed by atoms with Crippen molar-refractivity contribution in [3.05, 3.63) is 66.7 Å². The second-order valence-corrected chi connectivity index (χ2v) is 5.24. The van der Waals surface area contributed by atoms with E-state index in [-0.39, 0.29) is 12.5 Å². The molecule has 122 valence electrons. The second-order valence-electron chi connectivity index (χ2n) is 5.24. The molecular weight excluding hydrogens is 304 g/mol. The first kappa shape index (κ1) is 15.8. The summed E-state index contributed by atoms with van der Waals surface area (Å²) < 4.78 is 10.8. The minimum Gasteiger partial charge on any atom is -0.483 e. The van der Waals surface area contributed by atoms with E-state index in [9.17, 15) is 4.79 Å². The van der Waals surface area contributed by atoms with Crippen LogP contribution in [0.1, 0.15) is 12.5 Å². The van der Waals surface area contributed by atoms with E-state index in [1.807, 2.05) is 48.5 Å². The topological polar surface area (TPSA) is 64.4 Å². The predicted molar refractivity (Wildman–Crippen MR) is 91.9 cm³/mol. The van der Waals surface area contributed by atoms with Gasteiger partial charge in [0.25, 0.3) is 5.91 Å². The molecule has 0 fully saturated rings. The number of nitrogens with one attached hydrogen (secondary N) is 1. The fourth-order valence-corrected chi connectivity index (χ4v) is 2.35. The number of rotatable bonds is 6. The van der Waals surface area contributed by atoms with Crippen LogP contribution in [-0.2, 0) is 11.2 Å². The van der Waals surface area contributed by atoms with Crippen molar-refractivity contribution in [1.82, 2.24) is 4.98 Å². The number of nitrogens with zero attached hydrogens (tertiary/aromatic N) is 1. The van der Waals surface area contributed by atoms with Gasteiger partial charge in [-0.1, -0.05) is 25.1 Å². The number of amides is 1. The Morgan fingerprint density at radius 1 is 1.17 bits per heavy atom. The van der Waals surface area contributed by atoms with Crippen molar-refractivity contribution in [3.63, 3.8) is 0 Å². The van der Waals surface area contributed by atoms with Crippen LogP contribution in [0.3, 0.4) is 0 Å². The molecule has 3 rings (SSSR count). The lowest BCUT2D eigenvalue weighted by Crippen LogP contribution is -2.20. The maximum Gasteiger partial charge on any atom is 0.262 e. The van der Waals surface area contributed by atoms with Crippen molar-refractivity contribution in [2.75, 3.05) is 11.9 Å². The van der Waals surface area contributed by atoms with Crippen LogP contribution in [0.2, 0.25) is 0 Å². The Labute approximate surface area is 140 Å². The van der Waals surface area contributed by atoms with Crippen LogP contribution in [-0.4, -0.2) is 17.5 Å². The third kappa shape index (κ3) is 3.81. The number of benzene rings is 2. The van der Waals surface area contributed by atoms with Crippen molar-refractivity contribution < 1.29 is 13.9 Å². The van der Waals surface area contributed by atoms with E-state index in [0.29, 0.717) is 11.4 Å². The largest absolute Gasteiger partial charge is 0.483 e. The summed E-state index contributed by atoms with van der Waals surface area (Å²) in [6.07, 6.45) is 3.89.